The largest absolute Gasteiger partial charge is 0.466 e. The molecule has 2 aromatic rings. The van der Waals surface area contributed by atoms with E-state index in [0.29, 0.717) is 26.1 Å². The summed E-state index contributed by atoms with van der Waals surface area (Å²) in [4.78, 5) is 12.2. The summed E-state index contributed by atoms with van der Waals surface area (Å²) >= 11 is 1.61. The van der Waals surface area contributed by atoms with Crippen molar-refractivity contribution in [2.75, 3.05) is 13.2 Å². The van der Waals surface area contributed by atoms with Gasteiger partial charge in [-0.15, -0.1) is 11.3 Å². The van der Waals surface area contributed by atoms with Gasteiger partial charge in [-0.2, -0.15) is 0 Å². The molecule has 0 atom stereocenters. The molecule has 0 bridgehead atoms. The molecule has 0 aliphatic carbocycles. The zero-order valence-corrected chi connectivity index (χ0v) is 11.5. The third kappa shape index (κ3) is 4.18. The topological polar surface area (TPSA) is 64.4 Å². The first kappa shape index (κ1) is 13.8. The van der Waals surface area contributed by atoms with E-state index >= 15 is 0 Å². The molecular formula is C13H16N2O3S. The number of ether oxygens (including phenoxy) is 1. The molecule has 0 aliphatic heterocycles. The summed E-state index contributed by atoms with van der Waals surface area (Å²) in [6.45, 7) is 3.37. The van der Waals surface area contributed by atoms with Crippen LogP contribution in [0.25, 0.3) is 10.6 Å². The number of hydrogen-bond donors (Lipinski definition) is 1. The normalized spacial score (nSPS) is 10.6. The summed E-state index contributed by atoms with van der Waals surface area (Å²) in [6.07, 6.45) is 0.365. The second kappa shape index (κ2) is 7.06. The number of nitrogens with zero attached hydrogens (tertiary/aromatic N) is 1. The highest BCUT2D eigenvalue weighted by Crippen LogP contribution is 2.24. The first-order valence-corrected chi connectivity index (χ1v) is 7.03. The zero-order valence-electron chi connectivity index (χ0n) is 10.7. The van der Waals surface area contributed by atoms with Crippen LogP contribution < -0.4 is 5.32 Å². The van der Waals surface area contributed by atoms with Crippen LogP contribution in [0.4, 0.5) is 0 Å². The second-order valence-electron chi connectivity index (χ2n) is 3.89. The van der Waals surface area contributed by atoms with Crippen molar-refractivity contribution in [1.29, 1.82) is 0 Å². The van der Waals surface area contributed by atoms with E-state index in [1.165, 1.54) is 0 Å². The van der Waals surface area contributed by atoms with E-state index in [0.717, 1.165) is 16.3 Å². The van der Waals surface area contributed by atoms with Gasteiger partial charge in [0.15, 0.2) is 5.76 Å². The first-order valence-electron chi connectivity index (χ1n) is 6.15. The first-order chi connectivity index (χ1) is 9.29. The van der Waals surface area contributed by atoms with Gasteiger partial charge in [-0.05, 0) is 18.4 Å². The average Bonchev–Trinajstić information content (AvgIpc) is 3.05. The van der Waals surface area contributed by atoms with Crippen LogP contribution in [0.5, 0.6) is 0 Å². The molecule has 0 aromatic carbocycles. The van der Waals surface area contributed by atoms with Crippen LogP contribution in [0, 0.1) is 0 Å². The number of carbonyl (C=O) groups is 1. The van der Waals surface area contributed by atoms with Crippen LogP contribution in [-0.2, 0) is 16.1 Å². The van der Waals surface area contributed by atoms with Gasteiger partial charge < -0.3 is 14.6 Å². The van der Waals surface area contributed by atoms with Gasteiger partial charge in [0.1, 0.15) is 0 Å². The summed E-state index contributed by atoms with van der Waals surface area (Å²) in [5, 5.41) is 9.10. The van der Waals surface area contributed by atoms with Gasteiger partial charge in [0.25, 0.3) is 0 Å². The number of esters is 1. The lowest BCUT2D eigenvalue weighted by molar-refractivity contribution is -0.142. The van der Waals surface area contributed by atoms with Gasteiger partial charge in [-0.25, -0.2) is 0 Å². The van der Waals surface area contributed by atoms with E-state index < -0.39 is 0 Å². The Hall–Kier alpha value is -1.66. The lowest BCUT2D eigenvalue weighted by atomic mass is 10.3. The maximum absolute atomic E-state index is 11.1. The van der Waals surface area contributed by atoms with Crippen molar-refractivity contribution >= 4 is 17.3 Å². The molecule has 102 valence electrons. The van der Waals surface area contributed by atoms with Crippen LogP contribution in [0.2, 0.25) is 0 Å². The molecule has 2 aromatic heterocycles. The summed E-state index contributed by atoms with van der Waals surface area (Å²) in [7, 11) is 0. The van der Waals surface area contributed by atoms with Crippen molar-refractivity contribution in [3.8, 4) is 10.6 Å². The third-order valence-electron chi connectivity index (χ3n) is 2.44. The van der Waals surface area contributed by atoms with Crippen LogP contribution in [0.1, 0.15) is 19.0 Å². The molecule has 5 nitrogen and oxygen atoms in total. The molecule has 2 heterocycles. The highest BCUT2D eigenvalue weighted by molar-refractivity contribution is 7.13. The molecule has 0 amide bonds. The zero-order chi connectivity index (χ0) is 13.5. The van der Waals surface area contributed by atoms with Crippen molar-refractivity contribution in [2.45, 2.75) is 19.9 Å². The fraction of sp³-hybridized carbons (Fsp3) is 0.385. The number of nitrogens with one attached hydrogen (secondary N) is 1. The molecule has 0 saturated carbocycles. The van der Waals surface area contributed by atoms with Crippen molar-refractivity contribution in [3.63, 3.8) is 0 Å². The van der Waals surface area contributed by atoms with Gasteiger partial charge >= 0.3 is 5.97 Å². The Morgan fingerprint density at radius 3 is 3.21 bits per heavy atom. The molecule has 0 unspecified atom stereocenters. The summed E-state index contributed by atoms with van der Waals surface area (Å²) in [6, 6.07) is 5.87. The number of aromatic nitrogens is 1. The third-order valence-corrected chi connectivity index (χ3v) is 3.32. The fourth-order valence-corrected chi connectivity index (χ4v) is 2.24. The van der Waals surface area contributed by atoms with Gasteiger partial charge in [-0.1, -0.05) is 11.2 Å². The molecule has 1 N–H and O–H groups in total. The predicted octanol–water partition coefficient (Wildman–Crippen LogP) is 2.45. The average molecular weight is 280 g/mol. The molecule has 0 spiro atoms. The van der Waals surface area contributed by atoms with Crippen molar-refractivity contribution in [3.05, 3.63) is 29.3 Å². The maximum atomic E-state index is 11.1. The Kier molecular flexibility index (Phi) is 5.11. The quantitative estimate of drug-likeness (QED) is 0.623. The Balaban J connectivity index is 1.74. The minimum atomic E-state index is -0.186. The summed E-state index contributed by atoms with van der Waals surface area (Å²) in [5.41, 5.74) is 0.826. The Bertz CT molecular complexity index is 508. The molecule has 19 heavy (non-hydrogen) atoms. The van der Waals surface area contributed by atoms with E-state index in [4.69, 9.17) is 9.26 Å². The van der Waals surface area contributed by atoms with E-state index in [-0.39, 0.29) is 5.97 Å². The van der Waals surface area contributed by atoms with Crippen LogP contribution in [-0.4, -0.2) is 24.3 Å². The fourth-order valence-electron chi connectivity index (χ4n) is 1.57. The molecular weight excluding hydrogens is 264 g/mol. The Morgan fingerprint density at radius 1 is 1.58 bits per heavy atom. The predicted molar refractivity (Wildman–Crippen MR) is 72.8 cm³/mol. The molecule has 2 rings (SSSR count). The van der Waals surface area contributed by atoms with Crippen LogP contribution in [0.3, 0.4) is 0 Å². The maximum Gasteiger partial charge on any atom is 0.307 e. The smallest absolute Gasteiger partial charge is 0.307 e. The SMILES string of the molecule is CCOC(=O)CCNCc1cc(-c2cccs2)on1. The monoisotopic (exact) mass is 280 g/mol. The number of thiophene rings is 1. The number of hydrogen-bond acceptors (Lipinski definition) is 6. The van der Waals surface area contributed by atoms with Crippen molar-refractivity contribution in [2.24, 2.45) is 0 Å². The summed E-state index contributed by atoms with van der Waals surface area (Å²) in [5.74, 6) is 0.589. The van der Waals surface area contributed by atoms with Crippen molar-refractivity contribution < 1.29 is 14.1 Å². The van der Waals surface area contributed by atoms with Gasteiger partial charge in [0.05, 0.1) is 23.6 Å². The van der Waals surface area contributed by atoms with Gasteiger partial charge in [-0.3, -0.25) is 4.79 Å². The highest BCUT2D eigenvalue weighted by Gasteiger charge is 2.07. The van der Waals surface area contributed by atoms with Crippen LogP contribution in [0.15, 0.2) is 28.1 Å². The number of carbonyl (C=O) groups excluding carboxylic acids is 1. The molecule has 0 radical (unpaired) electrons. The van der Waals surface area contributed by atoms with E-state index in [1.807, 2.05) is 23.6 Å². The Labute approximate surface area is 115 Å². The standard InChI is InChI=1S/C13H16N2O3S/c1-2-17-13(16)5-6-14-9-10-8-11(18-15-10)12-4-3-7-19-12/h3-4,7-8,14H,2,5-6,9H2,1H3. The minimum absolute atomic E-state index is 0.186. The van der Waals surface area contributed by atoms with Gasteiger partial charge in [0, 0.05) is 19.2 Å². The Morgan fingerprint density at radius 2 is 2.47 bits per heavy atom. The van der Waals surface area contributed by atoms with Gasteiger partial charge in [0.2, 0.25) is 0 Å². The number of rotatable bonds is 7. The molecule has 0 fully saturated rings. The molecule has 0 aliphatic rings. The molecule has 6 heteroatoms. The van der Waals surface area contributed by atoms with E-state index in [1.54, 1.807) is 18.3 Å². The van der Waals surface area contributed by atoms with Crippen LogP contribution >= 0.6 is 11.3 Å². The summed E-state index contributed by atoms with van der Waals surface area (Å²) < 4.78 is 10.1. The lowest BCUT2D eigenvalue weighted by Gasteiger charge is -2.02. The van der Waals surface area contributed by atoms with Crippen molar-refractivity contribution in [1.82, 2.24) is 10.5 Å². The molecule has 0 saturated heterocycles. The minimum Gasteiger partial charge on any atom is -0.466 e. The van der Waals surface area contributed by atoms with E-state index in [2.05, 4.69) is 10.5 Å². The lowest BCUT2D eigenvalue weighted by Crippen LogP contribution is -2.19. The second-order valence-corrected chi connectivity index (χ2v) is 4.84. The highest BCUT2D eigenvalue weighted by atomic mass is 32.1. The van der Waals surface area contributed by atoms with E-state index in [9.17, 15) is 4.79 Å².